The zero-order chi connectivity index (χ0) is 7.56. The highest BCUT2D eigenvalue weighted by atomic mass is 35.5. The molecule has 0 amide bonds. The largest absolute Gasteiger partial charge is 0.393 e. The SMILES string of the molecule is CC(O)C1C=CC(Cl)=CC1. The van der Waals surface area contributed by atoms with E-state index in [9.17, 15) is 0 Å². The van der Waals surface area contributed by atoms with Crippen molar-refractivity contribution < 1.29 is 5.11 Å². The molecule has 0 saturated heterocycles. The third kappa shape index (κ3) is 1.86. The minimum absolute atomic E-state index is 0.252. The molecule has 0 heterocycles. The fourth-order valence-corrected chi connectivity index (χ4v) is 1.13. The van der Waals surface area contributed by atoms with Crippen LogP contribution in [-0.2, 0) is 0 Å². The molecule has 1 aliphatic carbocycles. The smallest absolute Gasteiger partial charge is 0.0577 e. The monoisotopic (exact) mass is 158 g/mol. The summed E-state index contributed by atoms with van der Waals surface area (Å²) >= 11 is 5.68. The van der Waals surface area contributed by atoms with E-state index in [1.807, 2.05) is 18.2 Å². The molecule has 0 aromatic rings. The minimum Gasteiger partial charge on any atom is -0.393 e. The zero-order valence-corrected chi connectivity index (χ0v) is 6.67. The van der Waals surface area contributed by atoms with Crippen LogP contribution in [0.5, 0.6) is 0 Å². The van der Waals surface area contributed by atoms with Crippen LogP contribution in [0.15, 0.2) is 23.3 Å². The Kier molecular flexibility index (Phi) is 2.52. The lowest BCUT2D eigenvalue weighted by molar-refractivity contribution is 0.149. The van der Waals surface area contributed by atoms with Gasteiger partial charge in [-0.1, -0.05) is 23.8 Å². The average Bonchev–Trinajstić information content (AvgIpc) is 1.88. The molecule has 0 fully saturated rings. The van der Waals surface area contributed by atoms with E-state index in [2.05, 4.69) is 0 Å². The Balaban J connectivity index is 2.52. The van der Waals surface area contributed by atoms with Gasteiger partial charge in [0.15, 0.2) is 0 Å². The molecule has 56 valence electrons. The fourth-order valence-electron chi connectivity index (χ4n) is 0.969. The molecule has 2 atom stereocenters. The molecule has 10 heavy (non-hydrogen) atoms. The molecule has 2 unspecified atom stereocenters. The second kappa shape index (κ2) is 3.22. The fraction of sp³-hybridized carbons (Fsp3) is 0.500. The Labute approximate surface area is 66.0 Å². The van der Waals surface area contributed by atoms with Gasteiger partial charge in [0.05, 0.1) is 6.10 Å². The van der Waals surface area contributed by atoms with E-state index in [0.29, 0.717) is 0 Å². The highest BCUT2D eigenvalue weighted by Crippen LogP contribution is 2.20. The van der Waals surface area contributed by atoms with Crippen molar-refractivity contribution in [2.45, 2.75) is 19.4 Å². The van der Waals surface area contributed by atoms with Crippen molar-refractivity contribution in [2.75, 3.05) is 0 Å². The summed E-state index contributed by atoms with van der Waals surface area (Å²) in [5.41, 5.74) is 0. The second-order valence-corrected chi connectivity index (χ2v) is 3.02. The topological polar surface area (TPSA) is 20.2 Å². The number of allylic oxidation sites excluding steroid dienone is 3. The van der Waals surface area contributed by atoms with Crippen LogP contribution in [0.3, 0.4) is 0 Å². The van der Waals surface area contributed by atoms with Crippen molar-refractivity contribution in [3.63, 3.8) is 0 Å². The summed E-state index contributed by atoms with van der Waals surface area (Å²) in [4.78, 5) is 0. The van der Waals surface area contributed by atoms with Crippen LogP contribution in [-0.4, -0.2) is 11.2 Å². The van der Waals surface area contributed by atoms with Gasteiger partial charge in [0.1, 0.15) is 0 Å². The van der Waals surface area contributed by atoms with Crippen LogP contribution in [0.1, 0.15) is 13.3 Å². The van der Waals surface area contributed by atoms with Crippen LogP contribution in [0.4, 0.5) is 0 Å². The Bertz CT molecular complexity index is 170. The summed E-state index contributed by atoms with van der Waals surface area (Å²) in [7, 11) is 0. The quantitative estimate of drug-likeness (QED) is 0.620. The van der Waals surface area contributed by atoms with E-state index in [0.717, 1.165) is 11.5 Å². The normalized spacial score (nSPS) is 27.9. The molecule has 2 heteroatoms. The van der Waals surface area contributed by atoms with Crippen LogP contribution < -0.4 is 0 Å². The summed E-state index contributed by atoms with van der Waals surface area (Å²) in [5, 5.41) is 9.91. The number of aliphatic hydroxyl groups excluding tert-OH is 1. The number of halogens is 1. The summed E-state index contributed by atoms with van der Waals surface area (Å²) in [6.45, 7) is 1.79. The standard InChI is InChI=1S/C8H11ClO/c1-6(10)7-2-4-8(9)5-3-7/h2,4-7,10H,3H2,1H3. The van der Waals surface area contributed by atoms with E-state index in [1.165, 1.54) is 0 Å². The number of aliphatic hydroxyl groups is 1. The Morgan fingerprint density at radius 3 is 2.90 bits per heavy atom. The molecule has 1 nitrogen and oxygen atoms in total. The third-order valence-electron chi connectivity index (χ3n) is 1.71. The summed E-state index contributed by atoms with van der Waals surface area (Å²) < 4.78 is 0. The van der Waals surface area contributed by atoms with E-state index >= 15 is 0 Å². The molecule has 0 radical (unpaired) electrons. The summed E-state index contributed by atoms with van der Waals surface area (Å²) in [6, 6.07) is 0. The molecular formula is C8H11ClO. The lowest BCUT2D eigenvalue weighted by Gasteiger charge is -2.16. The molecule has 1 aliphatic rings. The Morgan fingerprint density at radius 2 is 2.50 bits per heavy atom. The van der Waals surface area contributed by atoms with Crippen molar-refractivity contribution in [3.05, 3.63) is 23.3 Å². The van der Waals surface area contributed by atoms with Gasteiger partial charge in [-0.05, 0) is 19.4 Å². The minimum atomic E-state index is -0.266. The average molecular weight is 159 g/mol. The van der Waals surface area contributed by atoms with Gasteiger partial charge in [-0.15, -0.1) is 0 Å². The van der Waals surface area contributed by atoms with Crippen LogP contribution in [0.2, 0.25) is 0 Å². The second-order valence-electron chi connectivity index (χ2n) is 2.59. The Morgan fingerprint density at radius 1 is 1.80 bits per heavy atom. The highest BCUT2D eigenvalue weighted by Gasteiger charge is 2.12. The van der Waals surface area contributed by atoms with E-state index in [-0.39, 0.29) is 12.0 Å². The van der Waals surface area contributed by atoms with Gasteiger partial charge >= 0.3 is 0 Å². The lowest BCUT2D eigenvalue weighted by atomic mass is 9.96. The molecule has 0 bridgehead atoms. The van der Waals surface area contributed by atoms with Crippen molar-refractivity contribution >= 4 is 11.6 Å². The first-order chi connectivity index (χ1) is 4.70. The van der Waals surface area contributed by atoms with Gasteiger partial charge in [-0.3, -0.25) is 0 Å². The van der Waals surface area contributed by atoms with E-state index < -0.39 is 0 Å². The maximum Gasteiger partial charge on any atom is 0.0577 e. The lowest BCUT2D eigenvalue weighted by Crippen LogP contribution is -2.14. The first-order valence-electron chi connectivity index (χ1n) is 3.42. The van der Waals surface area contributed by atoms with Gasteiger partial charge in [-0.25, -0.2) is 0 Å². The van der Waals surface area contributed by atoms with Gasteiger partial charge < -0.3 is 5.11 Å². The molecule has 0 spiro atoms. The van der Waals surface area contributed by atoms with Gasteiger partial charge in [0.25, 0.3) is 0 Å². The van der Waals surface area contributed by atoms with Gasteiger partial charge in [0.2, 0.25) is 0 Å². The highest BCUT2D eigenvalue weighted by molar-refractivity contribution is 6.31. The number of hydrogen-bond acceptors (Lipinski definition) is 1. The molecule has 0 saturated carbocycles. The molecule has 0 aromatic carbocycles. The molecule has 1 rings (SSSR count). The molecular weight excluding hydrogens is 148 g/mol. The van der Waals surface area contributed by atoms with Crippen LogP contribution in [0.25, 0.3) is 0 Å². The summed E-state index contributed by atoms with van der Waals surface area (Å²) in [6.07, 6.45) is 6.30. The number of rotatable bonds is 1. The van der Waals surface area contributed by atoms with Crippen molar-refractivity contribution in [3.8, 4) is 0 Å². The molecule has 0 aromatic heterocycles. The van der Waals surface area contributed by atoms with E-state index in [4.69, 9.17) is 16.7 Å². The third-order valence-corrected chi connectivity index (χ3v) is 1.99. The molecule has 1 N–H and O–H groups in total. The maximum absolute atomic E-state index is 9.14. The predicted octanol–water partition coefficient (Wildman–Crippen LogP) is 2.07. The van der Waals surface area contributed by atoms with Crippen molar-refractivity contribution in [2.24, 2.45) is 5.92 Å². The Hall–Kier alpha value is -0.270. The van der Waals surface area contributed by atoms with Crippen molar-refractivity contribution in [1.29, 1.82) is 0 Å². The van der Waals surface area contributed by atoms with Gasteiger partial charge in [-0.2, -0.15) is 0 Å². The predicted molar refractivity (Wildman–Crippen MR) is 42.9 cm³/mol. The summed E-state index contributed by atoms with van der Waals surface area (Å²) in [5.74, 6) is 0.252. The molecule has 0 aliphatic heterocycles. The van der Waals surface area contributed by atoms with Crippen LogP contribution >= 0.6 is 11.6 Å². The first-order valence-corrected chi connectivity index (χ1v) is 3.80. The van der Waals surface area contributed by atoms with E-state index in [1.54, 1.807) is 6.92 Å². The first kappa shape index (κ1) is 7.83. The number of hydrogen-bond donors (Lipinski definition) is 1. The maximum atomic E-state index is 9.14. The van der Waals surface area contributed by atoms with Gasteiger partial charge in [0, 0.05) is 11.0 Å². The zero-order valence-electron chi connectivity index (χ0n) is 5.92. The van der Waals surface area contributed by atoms with Crippen molar-refractivity contribution in [1.82, 2.24) is 0 Å². The van der Waals surface area contributed by atoms with Crippen LogP contribution in [0, 0.1) is 5.92 Å².